The average Bonchev–Trinajstić information content (AvgIpc) is 3.39. The molecule has 1 N–H and O–H groups in total. The lowest BCUT2D eigenvalue weighted by Gasteiger charge is -2.23. The van der Waals surface area contributed by atoms with Crippen molar-refractivity contribution in [1.29, 1.82) is 0 Å². The third kappa shape index (κ3) is 5.61. The molecule has 37 heavy (non-hydrogen) atoms. The number of fused-ring (bicyclic) bond motifs is 2. The molecule has 3 aromatic rings. The fourth-order valence-electron chi connectivity index (χ4n) is 5.53. The van der Waals surface area contributed by atoms with Crippen molar-refractivity contribution in [2.45, 2.75) is 77.2 Å². The Kier molecular flexibility index (Phi) is 7.14. The summed E-state index contributed by atoms with van der Waals surface area (Å²) in [6.45, 7) is 6.38. The lowest BCUT2D eigenvalue weighted by Crippen LogP contribution is -2.36. The van der Waals surface area contributed by atoms with Crippen LogP contribution in [0.5, 0.6) is 0 Å². The summed E-state index contributed by atoms with van der Waals surface area (Å²) in [7, 11) is 0. The van der Waals surface area contributed by atoms with Gasteiger partial charge in [0.25, 0.3) is 5.91 Å². The first kappa shape index (κ1) is 25.2. The Bertz CT molecular complexity index is 1340. The lowest BCUT2D eigenvalue weighted by atomic mass is 9.85. The highest BCUT2D eigenvalue weighted by Crippen LogP contribution is 2.36. The molecule has 0 unspecified atom stereocenters. The first-order valence-corrected chi connectivity index (χ1v) is 13.5. The van der Waals surface area contributed by atoms with Crippen LogP contribution in [0.1, 0.15) is 92.0 Å². The SMILES string of the molecule is CC(C)(C)c1ccc(C=C2CCCc3c2nc2ccccc2c3C(=O)OCC(=O)NC2CCCC2)cc1. The van der Waals surface area contributed by atoms with Gasteiger partial charge in [0.2, 0.25) is 0 Å². The number of pyridine rings is 1. The highest BCUT2D eigenvalue weighted by molar-refractivity contribution is 6.07. The number of esters is 1. The summed E-state index contributed by atoms with van der Waals surface area (Å²) >= 11 is 0. The molecular weight excluding hydrogens is 460 g/mol. The predicted octanol–water partition coefficient (Wildman–Crippen LogP) is 6.62. The Morgan fingerprint density at radius 3 is 2.46 bits per heavy atom. The maximum Gasteiger partial charge on any atom is 0.339 e. The molecule has 0 spiro atoms. The number of hydrogen-bond donors (Lipinski definition) is 1. The van der Waals surface area contributed by atoms with E-state index in [1.165, 1.54) is 5.56 Å². The second-order valence-corrected chi connectivity index (χ2v) is 11.4. The van der Waals surface area contributed by atoms with Gasteiger partial charge in [-0.1, -0.05) is 76.1 Å². The summed E-state index contributed by atoms with van der Waals surface area (Å²) in [5, 5.41) is 3.77. The van der Waals surface area contributed by atoms with Crippen LogP contribution in [0.3, 0.4) is 0 Å². The Morgan fingerprint density at radius 2 is 1.73 bits per heavy atom. The molecular formula is C32H36N2O3. The molecule has 2 aromatic carbocycles. The summed E-state index contributed by atoms with van der Waals surface area (Å²) in [6, 6.07) is 16.6. The number of carbonyl (C=O) groups excluding carboxylic acids is 2. The van der Waals surface area contributed by atoms with Gasteiger partial charge in [-0.05, 0) is 71.9 Å². The fourth-order valence-corrected chi connectivity index (χ4v) is 5.53. The third-order valence-electron chi connectivity index (χ3n) is 7.55. The van der Waals surface area contributed by atoms with Gasteiger partial charge in [-0.3, -0.25) is 4.79 Å². The van der Waals surface area contributed by atoms with Crippen LogP contribution in [-0.2, 0) is 21.4 Å². The van der Waals surface area contributed by atoms with Crippen LogP contribution < -0.4 is 5.32 Å². The van der Waals surface area contributed by atoms with E-state index in [-0.39, 0.29) is 24.0 Å². The lowest BCUT2D eigenvalue weighted by molar-refractivity contribution is -0.124. The van der Waals surface area contributed by atoms with E-state index in [9.17, 15) is 9.59 Å². The second kappa shape index (κ2) is 10.5. The molecule has 192 valence electrons. The molecule has 0 atom stereocenters. The van der Waals surface area contributed by atoms with E-state index >= 15 is 0 Å². The fraction of sp³-hybridized carbons (Fsp3) is 0.406. The smallest absolute Gasteiger partial charge is 0.339 e. The van der Waals surface area contributed by atoms with E-state index in [1.54, 1.807) is 0 Å². The molecule has 2 aliphatic carbocycles. The Hall–Kier alpha value is -3.47. The minimum atomic E-state index is -0.452. The number of benzene rings is 2. The monoisotopic (exact) mass is 496 g/mol. The molecule has 5 nitrogen and oxygen atoms in total. The van der Waals surface area contributed by atoms with Gasteiger partial charge in [-0.2, -0.15) is 0 Å². The summed E-state index contributed by atoms with van der Waals surface area (Å²) in [4.78, 5) is 30.8. The zero-order valence-corrected chi connectivity index (χ0v) is 22.1. The summed E-state index contributed by atoms with van der Waals surface area (Å²) in [5.41, 5.74) is 6.75. The van der Waals surface area contributed by atoms with Gasteiger partial charge in [0.1, 0.15) is 0 Å². The standard InChI is InChI=1S/C32H36N2O3/c1-32(2,3)23-17-15-21(16-18-23)19-22-9-8-13-26-29(25-12-6-7-14-27(25)34-30(22)26)31(36)37-20-28(35)33-24-10-4-5-11-24/h6-7,12,14-19,24H,4-5,8-11,13,20H2,1-3H3,(H,33,35). The molecule has 5 heteroatoms. The number of nitrogens with zero attached hydrogens (tertiary/aromatic N) is 1. The minimum Gasteiger partial charge on any atom is -0.452 e. The van der Waals surface area contributed by atoms with Crippen molar-refractivity contribution < 1.29 is 14.3 Å². The Labute approximate surface area is 219 Å². The topological polar surface area (TPSA) is 68.3 Å². The van der Waals surface area contributed by atoms with Crippen molar-refractivity contribution >= 4 is 34.4 Å². The molecule has 0 aliphatic heterocycles. The summed E-state index contributed by atoms with van der Waals surface area (Å²) < 4.78 is 5.57. The van der Waals surface area contributed by atoms with E-state index in [0.29, 0.717) is 5.56 Å². The van der Waals surface area contributed by atoms with Crippen LogP contribution in [0.25, 0.3) is 22.6 Å². The number of ether oxygens (including phenoxy) is 1. The van der Waals surface area contributed by atoms with Crippen LogP contribution >= 0.6 is 0 Å². The Morgan fingerprint density at radius 1 is 1.00 bits per heavy atom. The summed E-state index contributed by atoms with van der Waals surface area (Å²) in [5.74, 6) is -0.682. The normalized spacial score (nSPS) is 17.1. The van der Waals surface area contributed by atoms with Gasteiger partial charge in [-0.25, -0.2) is 9.78 Å². The van der Waals surface area contributed by atoms with E-state index in [2.05, 4.69) is 56.4 Å². The van der Waals surface area contributed by atoms with Gasteiger partial charge >= 0.3 is 5.97 Å². The van der Waals surface area contributed by atoms with Crippen LogP contribution in [0.15, 0.2) is 48.5 Å². The first-order valence-electron chi connectivity index (χ1n) is 13.5. The van der Waals surface area contributed by atoms with Gasteiger partial charge in [0.15, 0.2) is 6.61 Å². The van der Waals surface area contributed by atoms with Crippen molar-refractivity contribution in [1.82, 2.24) is 10.3 Å². The number of nitrogens with one attached hydrogen (secondary N) is 1. The minimum absolute atomic E-state index is 0.104. The highest BCUT2D eigenvalue weighted by atomic mass is 16.5. The second-order valence-electron chi connectivity index (χ2n) is 11.4. The van der Waals surface area contributed by atoms with E-state index < -0.39 is 5.97 Å². The zero-order valence-electron chi connectivity index (χ0n) is 22.1. The number of aromatic nitrogens is 1. The van der Waals surface area contributed by atoms with Gasteiger partial charge in [-0.15, -0.1) is 0 Å². The molecule has 1 amide bonds. The number of allylic oxidation sites excluding steroid dienone is 1. The van der Waals surface area contributed by atoms with Gasteiger partial charge in [0, 0.05) is 11.4 Å². The maximum absolute atomic E-state index is 13.4. The quantitative estimate of drug-likeness (QED) is 0.403. The van der Waals surface area contributed by atoms with Crippen molar-refractivity contribution in [3.8, 4) is 0 Å². The largest absolute Gasteiger partial charge is 0.452 e. The van der Waals surface area contributed by atoms with Crippen LogP contribution in [0.2, 0.25) is 0 Å². The molecule has 0 radical (unpaired) electrons. The number of carbonyl (C=O) groups is 2. The van der Waals surface area contributed by atoms with E-state index in [4.69, 9.17) is 9.72 Å². The molecule has 1 fully saturated rings. The molecule has 2 aliphatic rings. The molecule has 0 saturated heterocycles. The highest BCUT2D eigenvalue weighted by Gasteiger charge is 2.27. The number of amides is 1. The van der Waals surface area contributed by atoms with E-state index in [1.807, 2.05) is 24.3 Å². The molecule has 0 bridgehead atoms. The predicted molar refractivity (Wildman–Crippen MR) is 148 cm³/mol. The van der Waals surface area contributed by atoms with Gasteiger partial charge in [0.05, 0.1) is 16.8 Å². The van der Waals surface area contributed by atoms with E-state index in [0.717, 1.165) is 78.2 Å². The average molecular weight is 497 g/mol. The first-order chi connectivity index (χ1) is 17.8. The number of hydrogen-bond acceptors (Lipinski definition) is 4. The molecule has 1 aromatic heterocycles. The number of rotatable bonds is 5. The number of para-hydroxylation sites is 1. The molecule has 1 saturated carbocycles. The summed E-state index contributed by atoms with van der Waals surface area (Å²) in [6.07, 6.45) is 9.04. The molecule has 5 rings (SSSR count). The third-order valence-corrected chi connectivity index (χ3v) is 7.55. The van der Waals surface area contributed by atoms with Gasteiger partial charge < -0.3 is 10.1 Å². The van der Waals surface area contributed by atoms with Crippen LogP contribution in [0, 0.1) is 0 Å². The maximum atomic E-state index is 13.4. The van der Waals surface area contributed by atoms with Crippen molar-refractivity contribution in [2.24, 2.45) is 0 Å². The van der Waals surface area contributed by atoms with Crippen LogP contribution in [0.4, 0.5) is 0 Å². The van der Waals surface area contributed by atoms with Crippen molar-refractivity contribution in [3.63, 3.8) is 0 Å². The molecule has 1 heterocycles. The zero-order chi connectivity index (χ0) is 26.0. The van der Waals surface area contributed by atoms with Crippen LogP contribution in [-0.4, -0.2) is 29.5 Å². The van der Waals surface area contributed by atoms with Crippen molar-refractivity contribution in [2.75, 3.05) is 6.61 Å². The van der Waals surface area contributed by atoms with Crippen molar-refractivity contribution in [3.05, 3.63) is 76.5 Å². The Balaban J connectivity index is 1.46.